The van der Waals surface area contributed by atoms with E-state index < -0.39 is 4.92 Å². The molecule has 1 fully saturated rings. The second-order valence-corrected chi connectivity index (χ2v) is 7.09. The standard InChI is InChI=1S/C16H16BrN5O5S/c1-26-6-2-5-21-15(23)13(18-16(21)28)7-10-3-4-11(27-10)8-20-9-12(17)14(19-20)22(24)25/h3-4,7,9H,2,5-6,8H2,1H3,(H,18,28)/b13-7+. The molecule has 0 spiro atoms. The molecule has 0 unspecified atom stereocenters. The van der Waals surface area contributed by atoms with Gasteiger partial charge < -0.3 is 24.6 Å². The van der Waals surface area contributed by atoms with Gasteiger partial charge in [-0.3, -0.25) is 9.69 Å². The van der Waals surface area contributed by atoms with Gasteiger partial charge in [0, 0.05) is 26.3 Å². The number of nitrogens with one attached hydrogen (secondary N) is 1. The SMILES string of the molecule is COCCCN1C(=O)/C(=C\c2ccc(Cn3cc(Br)c([N+](=O)[O-])n3)o2)NC1=S. The Kier molecular flexibility index (Phi) is 6.21. The zero-order chi connectivity index (χ0) is 20.3. The summed E-state index contributed by atoms with van der Waals surface area (Å²) in [5.41, 5.74) is 0.320. The molecule has 0 bridgehead atoms. The molecule has 12 heteroatoms. The van der Waals surface area contributed by atoms with E-state index in [0.717, 1.165) is 0 Å². The Bertz CT molecular complexity index is 953. The van der Waals surface area contributed by atoms with Crippen LogP contribution >= 0.6 is 28.1 Å². The molecule has 1 saturated heterocycles. The Morgan fingerprint density at radius 3 is 2.96 bits per heavy atom. The van der Waals surface area contributed by atoms with Gasteiger partial charge in [-0.15, -0.1) is 0 Å². The largest absolute Gasteiger partial charge is 0.460 e. The number of nitrogens with zero attached hydrogens (tertiary/aromatic N) is 4. The summed E-state index contributed by atoms with van der Waals surface area (Å²) in [5.74, 6) is 0.484. The van der Waals surface area contributed by atoms with E-state index in [2.05, 4.69) is 26.3 Å². The first-order chi connectivity index (χ1) is 13.4. The molecule has 0 radical (unpaired) electrons. The fourth-order valence-electron chi connectivity index (χ4n) is 2.59. The highest BCUT2D eigenvalue weighted by Gasteiger charge is 2.30. The van der Waals surface area contributed by atoms with E-state index in [1.54, 1.807) is 25.3 Å². The molecule has 3 rings (SSSR count). The number of furan rings is 1. The van der Waals surface area contributed by atoms with Crippen LogP contribution < -0.4 is 5.32 Å². The fourth-order valence-corrected chi connectivity index (χ4v) is 3.34. The van der Waals surface area contributed by atoms with E-state index in [9.17, 15) is 14.9 Å². The second kappa shape index (κ2) is 8.63. The fraction of sp³-hybridized carbons (Fsp3) is 0.312. The van der Waals surface area contributed by atoms with Crippen molar-refractivity contribution in [3.05, 3.63) is 50.1 Å². The molecule has 1 aliphatic heterocycles. The molecule has 0 atom stereocenters. The van der Waals surface area contributed by atoms with Crippen LogP contribution in [0.2, 0.25) is 0 Å². The Morgan fingerprint density at radius 2 is 2.29 bits per heavy atom. The number of ether oxygens (including phenoxy) is 1. The minimum atomic E-state index is -0.572. The Hall–Kier alpha value is -2.57. The van der Waals surface area contributed by atoms with Crippen molar-refractivity contribution < 1.29 is 18.9 Å². The van der Waals surface area contributed by atoms with Gasteiger partial charge in [0.15, 0.2) is 5.11 Å². The normalized spacial score (nSPS) is 15.5. The van der Waals surface area contributed by atoms with Gasteiger partial charge in [0.05, 0.1) is 11.3 Å². The van der Waals surface area contributed by atoms with Gasteiger partial charge >= 0.3 is 5.82 Å². The molecule has 0 aromatic carbocycles. The number of carbonyl (C=O) groups is 1. The molecule has 3 heterocycles. The number of carbonyl (C=O) groups excluding carboxylic acids is 1. The highest BCUT2D eigenvalue weighted by molar-refractivity contribution is 9.10. The number of hydrogen-bond acceptors (Lipinski definition) is 7. The Labute approximate surface area is 173 Å². The topological polar surface area (TPSA) is 116 Å². The summed E-state index contributed by atoms with van der Waals surface area (Å²) in [6.07, 6.45) is 3.74. The van der Waals surface area contributed by atoms with Crippen molar-refractivity contribution in [1.82, 2.24) is 20.0 Å². The number of nitro groups is 1. The van der Waals surface area contributed by atoms with Gasteiger partial charge in [0.25, 0.3) is 5.91 Å². The van der Waals surface area contributed by atoms with Crippen LogP contribution in [0.5, 0.6) is 0 Å². The van der Waals surface area contributed by atoms with Gasteiger partial charge in [-0.25, -0.2) is 0 Å². The van der Waals surface area contributed by atoms with Crippen LogP contribution in [0, 0.1) is 10.1 Å². The van der Waals surface area contributed by atoms with Gasteiger partial charge in [0.1, 0.15) is 28.2 Å². The van der Waals surface area contributed by atoms with Crippen molar-refractivity contribution in [2.75, 3.05) is 20.3 Å². The highest BCUT2D eigenvalue weighted by atomic mass is 79.9. The lowest BCUT2D eigenvalue weighted by atomic mass is 10.3. The number of rotatable bonds is 8. The van der Waals surface area contributed by atoms with E-state index in [1.165, 1.54) is 15.8 Å². The Morgan fingerprint density at radius 1 is 1.50 bits per heavy atom. The zero-order valence-corrected chi connectivity index (χ0v) is 17.2. The average Bonchev–Trinajstić information content (AvgIpc) is 3.30. The van der Waals surface area contributed by atoms with Crippen LogP contribution in [-0.4, -0.2) is 50.9 Å². The first-order valence-electron chi connectivity index (χ1n) is 8.18. The molecule has 2 aromatic heterocycles. The third-order valence-electron chi connectivity index (χ3n) is 3.85. The number of amides is 1. The van der Waals surface area contributed by atoms with Crippen LogP contribution in [0.25, 0.3) is 6.08 Å². The van der Waals surface area contributed by atoms with Crippen LogP contribution in [0.4, 0.5) is 5.82 Å². The van der Waals surface area contributed by atoms with E-state index in [0.29, 0.717) is 41.9 Å². The quantitative estimate of drug-likeness (QED) is 0.206. The maximum absolute atomic E-state index is 12.5. The summed E-state index contributed by atoms with van der Waals surface area (Å²) in [5, 5.41) is 18.0. The van der Waals surface area contributed by atoms with Crippen molar-refractivity contribution in [3.63, 3.8) is 0 Å². The number of aromatic nitrogens is 2. The van der Waals surface area contributed by atoms with E-state index in [4.69, 9.17) is 21.4 Å². The van der Waals surface area contributed by atoms with Gasteiger partial charge in [-0.05, 0) is 51.6 Å². The third kappa shape index (κ3) is 4.46. The Balaban J connectivity index is 1.68. The van der Waals surface area contributed by atoms with Crippen LogP contribution in [0.3, 0.4) is 0 Å². The average molecular weight is 470 g/mol. The lowest BCUT2D eigenvalue weighted by molar-refractivity contribution is -0.390. The van der Waals surface area contributed by atoms with Crippen LogP contribution in [-0.2, 0) is 16.1 Å². The molecule has 0 saturated carbocycles. The van der Waals surface area contributed by atoms with E-state index in [-0.39, 0.29) is 22.7 Å². The zero-order valence-electron chi connectivity index (χ0n) is 14.8. The molecular formula is C16H16BrN5O5S. The second-order valence-electron chi connectivity index (χ2n) is 5.85. The third-order valence-corrected chi connectivity index (χ3v) is 4.73. The summed E-state index contributed by atoms with van der Waals surface area (Å²) in [4.78, 5) is 24.2. The van der Waals surface area contributed by atoms with Gasteiger partial charge in [-0.1, -0.05) is 0 Å². The molecule has 0 aliphatic carbocycles. The first-order valence-corrected chi connectivity index (χ1v) is 9.38. The van der Waals surface area contributed by atoms with E-state index in [1.807, 2.05) is 0 Å². The molecule has 1 N–H and O–H groups in total. The maximum atomic E-state index is 12.5. The molecule has 1 amide bonds. The molecule has 28 heavy (non-hydrogen) atoms. The van der Waals surface area contributed by atoms with Crippen molar-refractivity contribution in [2.24, 2.45) is 0 Å². The number of methoxy groups -OCH3 is 1. The smallest absolute Gasteiger partial charge is 0.404 e. The summed E-state index contributed by atoms with van der Waals surface area (Å²) in [7, 11) is 1.60. The molecule has 148 valence electrons. The van der Waals surface area contributed by atoms with Crippen molar-refractivity contribution >= 4 is 51.1 Å². The van der Waals surface area contributed by atoms with E-state index >= 15 is 0 Å². The monoisotopic (exact) mass is 469 g/mol. The van der Waals surface area contributed by atoms with Crippen LogP contribution in [0.15, 0.2) is 32.9 Å². The van der Waals surface area contributed by atoms with Gasteiger partial charge in [0.2, 0.25) is 0 Å². The predicted molar refractivity (Wildman–Crippen MR) is 106 cm³/mol. The first kappa shape index (κ1) is 20.2. The molecule has 2 aromatic rings. The minimum Gasteiger partial charge on any atom is -0.460 e. The van der Waals surface area contributed by atoms with Gasteiger partial charge in [-0.2, -0.15) is 4.68 Å². The number of halogens is 1. The van der Waals surface area contributed by atoms with Crippen LogP contribution in [0.1, 0.15) is 17.9 Å². The molecular weight excluding hydrogens is 454 g/mol. The van der Waals surface area contributed by atoms with Crippen molar-refractivity contribution in [1.29, 1.82) is 0 Å². The lowest BCUT2D eigenvalue weighted by Crippen LogP contribution is -2.32. The maximum Gasteiger partial charge on any atom is 0.404 e. The summed E-state index contributed by atoms with van der Waals surface area (Å²) < 4.78 is 12.3. The molecule has 1 aliphatic rings. The summed E-state index contributed by atoms with van der Waals surface area (Å²) in [6, 6.07) is 3.41. The number of thiocarbonyl (C=S) groups is 1. The summed E-state index contributed by atoms with van der Waals surface area (Å²) >= 11 is 8.30. The molecule has 10 nitrogen and oxygen atoms in total. The highest BCUT2D eigenvalue weighted by Crippen LogP contribution is 2.23. The minimum absolute atomic E-state index is 0.207. The number of hydrogen-bond donors (Lipinski definition) is 1. The van der Waals surface area contributed by atoms with Crippen molar-refractivity contribution in [2.45, 2.75) is 13.0 Å². The van der Waals surface area contributed by atoms with Crippen molar-refractivity contribution in [3.8, 4) is 0 Å². The predicted octanol–water partition coefficient (Wildman–Crippen LogP) is 2.29. The summed E-state index contributed by atoms with van der Waals surface area (Å²) in [6.45, 7) is 1.21. The lowest BCUT2D eigenvalue weighted by Gasteiger charge is -2.12.